The molecule has 0 aromatic carbocycles. The van der Waals surface area contributed by atoms with Crippen LogP contribution in [-0.2, 0) is 4.74 Å². The Morgan fingerprint density at radius 2 is 2.32 bits per heavy atom. The number of carbonyl (C=O) groups is 1. The zero-order chi connectivity index (χ0) is 15.5. The van der Waals surface area contributed by atoms with Crippen LogP contribution in [0.2, 0.25) is 0 Å². The van der Waals surface area contributed by atoms with Gasteiger partial charge in [-0.15, -0.1) is 0 Å². The SMILES string of the molecule is Cc1nc([C@@H]2CN(C(=O)c3ccccn3)CCO2)cc(=O)[nH]1. The van der Waals surface area contributed by atoms with E-state index >= 15 is 0 Å². The molecule has 1 atom stereocenters. The molecular formula is C15H16N4O3. The van der Waals surface area contributed by atoms with Gasteiger partial charge in [0, 0.05) is 18.8 Å². The first kappa shape index (κ1) is 14.4. The number of aromatic amines is 1. The molecule has 7 heteroatoms. The largest absolute Gasteiger partial charge is 0.368 e. The lowest BCUT2D eigenvalue weighted by Crippen LogP contribution is -2.43. The lowest BCUT2D eigenvalue weighted by Gasteiger charge is -2.32. The van der Waals surface area contributed by atoms with Gasteiger partial charge in [-0.25, -0.2) is 4.98 Å². The van der Waals surface area contributed by atoms with E-state index in [1.807, 2.05) is 0 Å². The lowest BCUT2D eigenvalue weighted by molar-refractivity contribution is -0.0250. The molecule has 3 rings (SSSR count). The number of carbonyl (C=O) groups excluding carboxylic acids is 1. The Hall–Kier alpha value is -2.54. The molecule has 1 aliphatic rings. The third kappa shape index (κ3) is 3.04. The highest BCUT2D eigenvalue weighted by Gasteiger charge is 2.27. The maximum absolute atomic E-state index is 12.4. The maximum atomic E-state index is 12.4. The molecule has 2 aromatic heterocycles. The average molecular weight is 300 g/mol. The molecule has 7 nitrogen and oxygen atoms in total. The van der Waals surface area contributed by atoms with Gasteiger partial charge in [-0.05, 0) is 19.1 Å². The number of nitrogens with one attached hydrogen (secondary N) is 1. The lowest BCUT2D eigenvalue weighted by atomic mass is 10.2. The standard InChI is InChI=1S/C15H16N4O3/c1-10-17-12(8-14(20)18-10)13-9-19(6-7-22-13)15(21)11-4-2-3-5-16-11/h2-5,8,13H,6-7,9H2,1H3,(H,17,18,20)/t13-/m0/s1. The first-order valence-corrected chi connectivity index (χ1v) is 7.03. The van der Waals surface area contributed by atoms with E-state index in [2.05, 4.69) is 15.0 Å². The molecule has 1 amide bonds. The van der Waals surface area contributed by atoms with Crippen LogP contribution in [0, 0.1) is 6.92 Å². The van der Waals surface area contributed by atoms with E-state index in [9.17, 15) is 9.59 Å². The van der Waals surface area contributed by atoms with Crippen molar-refractivity contribution in [1.82, 2.24) is 19.9 Å². The molecule has 0 aliphatic carbocycles. The first-order valence-electron chi connectivity index (χ1n) is 7.03. The molecule has 3 heterocycles. The van der Waals surface area contributed by atoms with Gasteiger partial charge in [0.15, 0.2) is 0 Å². The van der Waals surface area contributed by atoms with E-state index in [0.29, 0.717) is 36.9 Å². The summed E-state index contributed by atoms with van der Waals surface area (Å²) in [5.74, 6) is 0.384. The van der Waals surface area contributed by atoms with Crippen LogP contribution in [0.15, 0.2) is 35.3 Å². The van der Waals surface area contributed by atoms with Crippen molar-refractivity contribution in [3.8, 4) is 0 Å². The highest BCUT2D eigenvalue weighted by molar-refractivity contribution is 5.92. The van der Waals surface area contributed by atoms with Crippen LogP contribution in [-0.4, -0.2) is 45.5 Å². The summed E-state index contributed by atoms with van der Waals surface area (Å²) in [7, 11) is 0. The summed E-state index contributed by atoms with van der Waals surface area (Å²) in [5, 5.41) is 0. The summed E-state index contributed by atoms with van der Waals surface area (Å²) < 4.78 is 5.66. The summed E-state index contributed by atoms with van der Waals surface area (Å²) in [6.07, 6.45) is 1.19. The van der Waals surface area contributed by atoms with Gasteiger partial charge >= 0.3 is 0 Å². The Balaban J connectivity index is 1.79. The number of ether oxygens (including phenoxy) is 1. The zero-order valence-corrected chi connectivity index (χ0v) is 12.2. The molecule has 1 aliphatic heterocycles. The molecule has 1 N–H and O–H groups in total. The predicted molar refractivity (Wildman–Crippen MR) is 78.4 cm³/mol. The van der Waals surface area contributed by atoms with Crippen molar-refractivity contribution < 1.29 is 9.53 Å². The van der Waals surface area contributed by atoms with Crippen LogP contribution in [0.1, 0.15) is 28.1 Å². The molecule has 1 fully saturated rings. The van der Waals surface area contributed by atoms with Crippen LogP contribution in [0.4, 0.5) is 0 Å². The summed E-state index contributed by atoms with van der Waals surface area (Å²) >= 11 is 0. The van der Waals surface area contributed by atoms with E-state index < -0.39 is 6.10 Å². The molecule has 0 spiro atoms. The van der Waals surface area contributed by atoms with Crippen molar-refractivity contribution in [3.05, 3.63) is 58.0 Å². The van der Waals surface area contributed by atoms with Gasteiger partial charge in [0.05, 0.1) is 18.8 Å². The van der Waals surface area contributed by atoms with Gasteiger partial charge in [-0.2, -0.15) is 0 Å². The minimum atomic E-state index is -0.401. The smallest absolute Gasteiger partial charge is 0.272 e. The average Bonchev–Trinajstić information content (AvgIpc) is 2.54. The Bertz CT molecular complexity index is 729. The third-order valence-electron chi connectivity index (χ3n) is 3.45. The number of amides is 1. The van der Waals surface area contributed by atoms with Crippen molar-refractivity contribution in [2.24, 2.45) is 0 Å². The van der Waals surface area contributed by atoms with Gasteiger partial charge in [-0.1, -0.05) is 6.07 Å². The fraction of sp³-hybridized carbons (Fsp3) is 0.333. The fourth-order valence-electron chi connectivity index (χ4n) is 2.43. The Kier molecular flexibility index (Phi) is 3.97. The van der Waals surface area contributed by atoms with Gasteiger partial charge in [0.2, 0.25) is 0 Å². The van der Waals surface area contributed by atoms with Crippen molar-refractivity contribution in [2.45, 2.75) is 13.0 Å². The fourth-order valence-corrected chi connectivity index (χ4v) is 2.43. The number of aryl methyl sites for hydroxylation is 1. The highest BCUT2D eigenvalue weighted by Crippen LogP contribution is 2.20. The normalized spacial score (nSPS) is 18.2. The third-order valence-corrected chi connectivity index (χ3v) is 3.45. The number of nitrogens with zero attached hydrogens (tertiary/aromatic N) is 3. The minimum Gasteiger partial charge on any atom is -0.368 e. The first-order chi connectivity index (χ1) is 10.6. The Labute approximate surface area is 127 Å². The Morgan fingerprint density at radius 3 is 3.05 bits per heavy atom. The van der Waals surface area contributed by atoms with Crippen molar-refractivity contribution in [2.75, 3.05) is 19.7 Å². The van der Waals surface area contributed by atoms with Crippen LogP contribution >= 0.6 is 0 Å². The number of pyridine rings is 1. The van der Waals surface area contributed by atoms with Crippen LogP contribution in [0.5, 0.6) is 0 Å². The molecular weight excluding hydrogens is 284 g/mol. The van der Waals surface area contributed by atoms with Gasteiger partial charge < -0.3 is 14.6 Å². The van der Waals surface area contributed by atoms with Gasteiger partial charge in [0.25, 0.3) is 11.5 Å². The molecule has 0 bridgehead atoms. The summed E-state index contributed by atoms with van der Waals surface area (Å²) in [6.45, 7) is 2.96. The minimum absolute atomic E-state index is 0.143. The molecule has 114 valence electrons. The number of hydrogen-bond acceptors (Lipinski definition) is 5. The quantitative estimate of drug-likeness (QED) is 0.881. The van der Waals surface area contributed by atoms with E-state index in [1.54, 1.807) is 36.2 Å². The number of H-pyrrole nitrogens is 1. The van der Waals surface area contributed by atoms with Gasteiger partial charge in [-0.3, -0.25) is 14.6 Å². The maximum Gasteiger partial charge on any atom is 0.272 e. The second-order valence-electron chi connectivity index (χ2n) is 5.08. The summed E-state index contributed by atoms with van der Waals surface area (Å²) in [6, 6.07) is 6.64. The highest BCUT2D eigenvalue weighted by atomic mass is 16.5. The van der Waals surface area contributed by atoms with Crippen molar-refractivity contribution in [1.29, 1.82) is 0 Å². The summed E-state index contributed by atoms with van der Waals surface area (Å²) in [5.41, 5.74) is 0.720. The molecule has 0 radical (unpaired) electrons. The van der Waals surface area contributed by atoms with E-state index in [4.69, 9.17) is 4.74 Å². The number of morpholine rings is 1. The van der Waals surface area contributed by atoms with Crippen molar-refractivity contribution >= 4 is 5.91 Å². The van der Waals surface area contributed by atoms with Crippen LogP contribution in [0.25, 0.3) is 0 Å². The van der Waals surface area contributed by atoms with E-state index in [-0.39, 0.29) is 11.5 Å². The number of hydrogen-bond donors (Lipinski definition) is 1. The molecule has 2 aromatic rings. The second kappa shape index (κ2) is 6.07. The van der Waals surface area contributed by atoms with E-state index in [0.717, 1.165) is 0 Å². The van der Waals surface area contributed by atoms with Crippen molar-refractivity contribution in [3.63, 3.8) is 0 Å². The molecule has 22 heavy (non-hydrogen) atoms. The van der Waals surface area contributed by atoms with Gasteiger partial charge in [0.1, 0.15) is 17.6 Å². The predicted octanol–water partition coefficient (Wildman–Crippen LogP) is 0.687. The van der Waals surface area contributed by atoms with Crippen LogP contribution in [0.3, 0.4) is 0 Å². The number of aromatic nitrogens is 3. The Morgan fingerprint density at radius 1 is 1.45 bits per heavy atom. The monoisotopic (exact) mass is 300 g/mol. The summed E-state index contributed by atoms with van der Waals surface area (Å²) in [4.78, 5) is 36.6. The molecule has 0 saturated carbocycles. The zero-order valence-electron chi connectivity index (χ0n) is 12.2. The number of rotatable bonds is 2. The van der Waals surface area contributed by atoms with E-state index in [1.165, 1.54) is 6.07 Å². The second-order valence-corrected chi connectivity index (χ2v) is 5.08. The topological polar surface area (TPSA) is 88.2 Å². The molecule has 1 saturated heterocycles. The molecule has 0 unspecified atom stereocenters. The van der Waals surface area contributed by atoms with Crippen LogP contribution < -0.4 is 5.56 Å².